The Balaban J connectivity index is 1.97. The van der Waals surface area contributed by atoms with Crippen molar-refractivity contribution in [2.75, 3.05) is 11.6 Å². The second kappa shape index (κ2) is 7.23. The van der Waals surface area contributed by atoms with E-state index in [4.69, 9.17) is 0 Å². The van der Waals surface area contributed by atoms with Crippen molar-refractivity contribution >= 4 is 15.8 Å². The van der Waals surface area contributed by atoms with Gasteiger partial charge in [-0.05, 0) is 25.1 Å². The smallest absolute Gasteiger partial charge is 0.348 e. The number of H-pyrrole nitrogens is 1. The lowest BCUT2D eigenvalue weighted by atomic mass is 10.1. The van der Waals surface area contributed by atoms with Gasteiger partial charge < -0.3 is 10.3 Å². The molecule has 0 atom stereocenters. The highest BCUT2D eigenvalue weighted by atomic mass is 32.2. The highest BCUT2D eigenvalue weighted by molar-refractivity contribution is 7.90. The number of sulfone groups is 1. The molecule has 0 unspecified atom stereocenters. The fourth-order valence-corrected chi connectivity index (χ4v) is 3.05. The Hall–Kier alpha value is -2.95. The average molecular weight is 411 g/mol. The van der Waals surface area contributed by atoms with E-state index in [2.05, 4.69) is 25.3 Å². The van der Waals surface area contributed by atoms with E-state index in [-0.39, 0.29) is 23.1 Å². The second-order valence-corrected chi connectivity index (χ2v) is 8.10. The summed E-state index contributed by atoms with van der Waals surface area (Å²) in [5.74, 6) is -0.209. The molecule has 0 fully saturated rings. The first kappa shape index (κ1) is 19.8. The molecule has 11 heteroatoms. The molecule has 0 aliphatic heterocycles. The van der Waals surface area contributed by atoms with E-state index in [1.54, 1.807) is 6.92 Å². The molecule has 28 heavy (non-hydrogen) atoms. The highest BCUT2D eigenvalue weighted by Gasteiger charge is 2.34. The van der Waals surface area contributed by atoms with Gasteiger partial charge in [-0.25, -0.2) is 23.4 Å². The number of halogens is 3. The van der Waals surface area contributed by atoms with E-state index in [0.29, 0.717) is 11.3 Å². The summed E-state index contributed by atoms with van der Waals surface area (Å²) in [6, 6.07) is 6.27. The number of hydrogen-bond acceptors (Lipinski definition) is 6. The van der Waals surface area contributed by atoms with Crippen LogP contribution in [-0.2, 0) is 22.6 Å². The van der Waals surface area contributed by atoms with Crippen molar-refractivity contribution in [3.63, 3.8) is 0 Å². The van der Waals surface area contributed by atoms with Crippen LogP contribution in [0.2, 0.25) is 0 Å². The molecule has 7 nitrogen and oxygen atoms in total. The lowest BCUT2D eigenvalue weighted by Crippen LogP contribution is -2.13. The summed E-state index contributed by atoms with van der Waals surface area (Å²) in [7, 11) is -3.41. The van der Waals surface area contributed by atoms with Crippen LogP contribution in [0.3, 0.4) is 0 Å². The van der Waals surface area contributed by atoms with Gasteiger partial charge in [0.05, 0.1) is 29.2 Å². The maximum Gasteiger partial charge on any atom is 0.433 e. The van der Waals surface area contributed by atoms with Gasteiger partial charge in [0.15, 0.2) is 15.5 Å². The number of aryl methyl sites for hydroxylation is 1. The zero-order valence-corrected chi connectivity index (χ0v) is 15.7. The Morgan fingerprint density at radius 2 is 1.82 bits per heavy atom. The van der Waals surface area contributed by atoms with E-state index >= 15 is 0 Å². The minimum absolute atomic E-state index is 0.0172. The number of rotatable bonds is 5. The van der Waals surface area contributed by atoms with Crippen LogP contribution < -0.4 is 5.32 Å². The lowest BCUT2D eigenvalue weighted by Gasteiger charge is -2.12. The molecule has 0 saturated carbocycles. The minimum Gasteiger partial charge on any atom is -0.348 e. The summed E-state index contributed by atoms with van der Waals surface area (Å²) < 4.78 is 62.8. The fraction of sp³-hybridized carbons (Fsp3) is 0.235. The molecule has 2 N–H and O–H groups in total. The number of imidazole rings is 1. The van der Waals surface area contributed by atoms with Crippen molar-refractivity contribution < 1.29 is 21.6 Å². The van der Waals surface area contributed by atoms with Crippen molar-refractivity contribution in [1.29, 1.82) is 0 Å². The Morgan fingerprint density at radius 3 is 2.36 bits per heavy atom. The maximum absolute atomic E-state index is 13.2. The molecule has 0 aliphatic rings. The summed E-state index contributed by atoms with van der Waals surface area (Å²) in [6.07, 6.45) is -2.13. The van der Waals surface area contributed by atoms with Crippen molar-refractivity contribution in [3.8, 4) is 11.3 Å². The maximum atomic E-state index is 13.2. The Bertz CT molecular complexity index is 1090. The number of nitrogens with one attached hydrogen (secondary N) is 2. The molecular formula is C17H16F3N5O2S. The summed E-state index contributed by atoms with van der Waals surface area (Å²) in [5, 5.41) is 2.75. The molecule has 148 valence electrons. The van der Waals surface area contributed by atoms with E-state index in [0.717, 1.165) is 18.0 Å². The Labute approximate surface area is 159 Å². The molecular weight excluding hydrogens is 395 g/mol. The van der Waals surface area contributed by atoms with Crippen LogP contribution in [0.1, 0.15) is 17.1 Å². The van der Waals surface area contributed by atoms with Gasteiger partial charge in [-0.3, -0.25) is 0 Å². The van der Waals surface area contributed by atoms with E-state index < -0.39 is 21.7 Å². The number of nitrogens with zero attached hydrogens (tertiary/aromatic N) is 3. The van der Waals surface area contributed by atoms with Crippen LogP contribution in [-0.4, -0.2) is 34.6 Å². The van der Waals surface area contributed by atoms with Crippen LogP contribution in [0.5, 0.6) is 0 Å². The molecule has 1 aromatic carbocycles. The third-order valence-corrected chi connectivity index (χ3v) is 5.07. The largest absolute Gasteiger partial charge is 0.433 e. The summed E-state index contributed by atoms with van der Waals surface area (Å²) >= 11 is 0. The first-order chi connectivity index (χ1) is 13.0. The quantitative estimate of drug-likeness (QED) is 0.669. The topological polar surface area (TPSA) is 101 Å². The molecule has 0 bridgehead atoms. The predicted molar refractivity (Wildman–Crippen MR) is 96.2 cm³/mol. The van der Waals surface area contributed by atoms with Crippen molar-refractivity contribution in [2.45, 2.75) is 24.5 Å². The number of alkyl halides is 3. The number of benzene rings is 1. The van der Waals surface area contributed by atoms with E-state index in [1.807, 2.05) is 0 Å². The Kier molecular flexibility index (Phi) is 5.11. The average Bonchev–Trinajstić information content (AvgIpc) is 3.03. The fourth-order valence-electron chi connectivity index (χ4n) is 2.42. The molecule has 0 amide bonds. The lowest BCUT2D eigenvalue weighted by molar-refractivity contribution is -0.141. The number of hydrogen-bond donors (Lipinski definition) is 2. The van der Waals surface area contributed by atoms with Gasteiger partial charge in [0.1, 0.15) is 0 Å². The van der Waals surface area contributed by atoms with E-state index in [1.165, 1.54) is 30.6 Å². The normalized spacial score (nSPS) is 12.2. The molecule has 0 spiro atoms. The zero-order chi connectivity index (χ0) is 20.5. The van der Waals surface area contributed by atoms with Crippen LogP contribution in [0, 0.1) is 6.92 Å². The molecule has 3 aromatic rings. The molecule has 2 aromatic heterocycles. The van der Waals surface area contributed by atoms with Crippen LogP contribution in [0.25, 0.3) is 11.3 Å². The van der Waals surface area contributed by atoms with Crippen molar-refractivity contribution in [2.24, 2.45) is 0 Å². The van der Waals surface area contributed by atoms with Gasteiger partial charge in [0.25, 0.3) is 0 Å². The third-order valence-electron chi connectivity index (χ3n) is 3.94. The zero-order valence-electron chi connectivity index (χ0n) is 14.9. The summed E-state index contributed by atoms with van der Waals surface area (Å²) in [5.41, 5.74) is 0.644. The SMILES string of the molecule is Cc1[nH]cnc1CNc1nc(-c2ccc(S(C)(=O)=O)cc2)cc(C(F)(F)F)n1. The molecule has 3 rings (SSSR count). The van der Waals surface area contributed by atoms with Crippen molar-refractivity contribution in [1.82, 2.24) is 19.9 Å². The van der Waals surface area contributed by atoms with Crippen LogP contribution >= 0.6 is 0 Å². The van der Waals surface area contributed by atoms with Gasteiger partial charge in [-0.15, -0.1) is 0 Å². The van der Waals surface area contributed by atoms with Gasteiger partial charge in [-0.1, -0.05) is 12.1 Å². The summed E-state index contributed by atoms with van der Waals surface area (Å²) in [6.45, 7) is 1.93. The standard InChI is InChI=1S/C17H16F3N5O2S/c1-10-14(23-9-22-10)8-21-16-24-13(7-15(25-16)17(18,19)20)11-3-5-12(6-4-11)28(2,26)27/h3-7,9H,8H2,1-2H3,(H,22,23)(H,21,24,25). The van der Waals surface area contributed by atoms with Gasteiger partial charge >= 0.3 is 6.18 Å². The number of aromatic amines is 1. The third kappa shape index (κ3) is 4.47. The first-order valence-electron chi connectivity index (χ1n) is 8.03. The summed E-state index contributed by atoms with van der Waals surface area (Å²) in [4.78, 5) is 14.7. The first-order valence-corrected chi connectivity index (χ1v) is 9.92. The molecule has 0 radical (unpaired) electrons. The molecule has 0 saturated heterocycles. The molecule has 0 aliphatic carbocycles. The Morgan fingerprint density at radius 1 is 1.14 bits per heavy atom. The van der Waals surface area contributed by atoms with Gasteiger partial charge in [-0.2, -0.15) is 13.2 Å². The predicted octanol–water partition coefficient (Wildman–Crippen LogP) is 3.21. The molecule has 2 heterocycles. The van der Waals surface area contributed by atoms with Gasteiger partial charge in [0, 0.05) is 17.5 Å². The minimum atomic E-state index is -4.66. The van der Waals surface area contributed by atoms with Crippen LogP contribution in [0.4, 0.5) is 19.1 Å². The van der Waals surface area contributed by atoms with Gasteiger partial charge in [0.2, 0.25) is 5.95 Å². The van der Waals surface area contributed by atoms with Crippen molar-refractivity contribution in [3.05, 3.63) is 53.7 Å². The number of aromatic nitrogens is 4. The second-order valence-electron chi connectivity index (χ2n) is 6.08. The van der Waals surface area contributed by atoms with Crippen LogP contribution in [0.15, 0.2) is 41.6 Å². The monoisotopic (exact) mass is 411 g/mol. The van der Waals surface area contributed by atoms with E-state index in [9.17, 15) is 21.6 Å². The highest BCUT2D eigenvalue weighted by Crippen LogP contribution is 2.31. The number of anilines is 1.